The minimum Gasteiger partial charge on any atom is -0.390 e. The van der Waals surface area contributed by atoms with Gasteiger partial charge in [0, 0.05) is 0 Å². The van der Waals surface area contributed by atoms with Crippen molar-refractivity contribution in [1.82, 2.24) is 0 Å². The van der Waals surface area contributed by atoms with Crippen LogP contribution in [0.15, 0.2) is 0 Å². The Morgan fingerprint density at radius 1 is 1.30 bits per heavy atom. The third kappa shape index (κ3) is 1.50. The fourth-order valence-corrected chi connectivity index (χ4v) is 1.73. The monoisotopic (exact) mass is 144 g/mol. The molecule has 1 fully saturated rings. The lowest BCUT2D eigenvalue weighted by molar-refractivity contribution is 0.0187. The van der Waals surface area contributed by atoms with Gasteiger partial charge in [-0.1, -0.05) is 13.3 Å². The number of hydrogen-bond donors (Lipinski definition) is 2. The smallest absolute Gasteiger partial charge is 0.0827 e. The Balaban J connectivity index is 2.33. The van der Waals surface area contributed by atoms with Crippen LogP contribution in [0.5, 0.6) is 0 Å². The van der Waals surface area contributed by atoms with E-state index in [9.17, 15) is 5.11 Å². The van der Waals surface area contributed by atoms with E-state index >= 15 is 0 Å². The van der Waals surface area contributed by atoms with Crippen LogP contribution in [0.1, 0.15) is 32.6 Å². The Kier molecular flexibility index (Phi) is 2.69. The van der Waals surface area contributed by atoms with Crippen molar-refractivity contribution in [3.05, 3.63) is 0 Å². The maximum Gasteiger partial charge on any atom is 0.0827 e. The average molecular weight is 144 g/mol. The highest BCUT2D eigenvalue weighted by Gasteiger charge is 2.32. The summed E-state index contributed by atoms with van der Waals surface area (Å²) in [5.41, 5.74) is 0. The zero-order chi connectivity index (χ0) is 7.56. The van der Waals surface area contributed by atoms with Gasteiger partial charge in [0.2, 0.25) is 0 Å². The van der Waals surface area contributed by atoms with Crippen LogP contribution in [-0.2, 0) is 0 Å². The average Bonchev–Trinajstić information content (AvgIpc) is 2.20. The SMILES string of the molecule is CCCC1CCC(O)C1O. The molecule has 0 aliphatic heterocycles. The van der Waals surface area contributed by atoms with Gasteiger partial charge < -0.3 is 10.2 Å². The summed E-state index contributed by atoms with van der Waals surface area (Å²) in [5, 5.41) is 18.5. The van der Waals surface area contributed by atoms with E-state index < -0.39 is 12.2 Å². The number of aliphatic hydroxyl groups is 2. The molecule has 2 heteroatoms. The van der Waals surface area contributed by atoms with Gasteiger partial charge >= 0.3 is 0 Å². The molecule has 0 aromatic carbocycles. The molecular formula is C8H16O2. The van der Waals surface area contributed by atoms with E-state index in [2.05, 4.69) is 6.92 Å². The van der Waals surface area contributed by atoms with Crippen LogP contribution in [-0.4, -0.2) is 22.4 Å². The Hall–Kier alpha value is -0.0800. The van der Waals surface area contributed by atoms with Crippen LogP contribution in [0.2, 0.25) is 0 Å². The molecule has 0 radical (unpaired) electrons. The lowest BCUT2D eigenvalue weighted by atomic mass is 10.00. The maximum atomic E-state index is 9.34. The quantitative estimate of drug-likeness (QED) is 0.605. The van der Waals surface area contributed by atoms with Crippen molar-refractivity contribution in [3.63, 3.8) is 0 Å². The van der Waals surface area contributed by atoms with Gasteiger partial charge in [-0.2, -0.15) is 0 Å². The standard InChI is InChI=1S/C8H16O2/c1-2-3-6-4-5-7(9)8(6)10/h6-10H,2-5H2,1H3. The zero-order valence-corrected chi connectivity index (χ0v) is 6.45. The van der Waals surface area contributed by atoms with Crippen molar-refractivity contribution in [1.29, 1.82) is 0 Å². The highest BCUT2D eigenvalue weighted by Crippen LogP contribution is 2.29. The highest BCUT2D eigenvalue weighted by molar-refractivity contribution is 4.83. The second-order valence-corrected chi connectivity index (χ2v) is 3.18. The molecule has 2 nitrogen and oxygen atoms in total. The molecule has 1 saturated carbocycles. The Labute approximate surface area is 61.9 Å². The second-order valence-electron chi connectivity index (χ2n) is 3.18. The van der Waals surface area contributed by atoms with Gasteiger partial charge in [-0.05, 0) is 25.2 Å². The summed E-state index contributed by atoms with van der Waals surface area (Å²) in [7, 11) is 0. The second kappa shape index (κ2) is 3.35. The van der Waals surface area contributed by atoms with Crippen LogP contribution >= 0.6 is 0 Å². The fourth-order valence-electron chi connectivity index (χ4n) is 1.73. The molecule has 60 valence electrons. The first-order valence-electron chi connectivity index (χ1n) is 4.11. The number of rotatable bonds is 2. The lowest BCUT2D eigenvalue weighted by Crippen LogP contribution is -2.24. The minimum absolute atomic E-state index is 0.361. The molecule has 0 spiro atoms. The van der Waals surface area contributed by atoms with Crippen LogP contribution < -0.4 is 0 Å². The van der Waals surface area contributed by atoms with Crippen molar-refractivity contribution in [2.24, 2.45) is 5.92 Å². The minimum atomic E-state index is -0.448. The van der Waals surface area contributed by atoms with E-state index in [1.54, 1.807) is 0 Å². The van der Waals surface area contributed by atoms with E-state index in [1.807, 2.05) is 0 Å². The van der Waals surface area contributed by atoms with E-state index in [0.717, 1.165) is 25.7 Å². The Morgan fingerprint density at radius 3 is 2.40 bits per heavy atom. The molecule has 3 unspecified atom stereocenters. The van der Waals surface area contributed by atoms with E-state index in [1.165, 1.54) is 0 Å². The molecule has 0 bridgehead atoms. The topological polar surface area (TPSA) is 40.5 Å². The Morgan fingerprint density at radius 2 is 2.00 bits per heavy atom. The summed E-state index contributed by atoms with van der Waals surface area (Å²) >= 11 is 0. The lowest BCUT2D eigenvalue weighted by Gasteiger charge is -2.14. The van der Waals surface area contributed by atoms with Crippen molar-refractivity contribution in [3.8, 4) is 0 Å². The third-order valence-corrected chi connectivity index (χ3v) is 2.37. The predicted octanol–water partition coefficient (Wildman–Crippen LogP) is 0.918. The van der Waals surface area contributed by atoms with Crippen LogP contribution in [0.4, 0.5) is 0 Å². The number of hydrogen-bond acceptors (Lipinski definition) is 2. The van der Waals surface area contributed by atoms with Gasteiger partial charge in [0.1, 0.15) is 0 Å². The summed E-state index contributed by atoms with van der Waals surface area (Å²) in [5.74, 6) is 0.361. The molecule has 0 aromatic heterocycles. The summed E-state index contributed by atoms with van der Waals surface area (Å²) in [6.07, 6.45) is 3.05. The largest absolute Gasteiger partial charge is 0.390 e. The first-order chi connectivity index (χ1) is 4.75. The number of aliphatic hydroxyl groups excluding tert-OH is 2. The molecule has 3 atom stereocenters. The van der Waals surface area contributed by atoms with Gasteiger partial charge in [-0.15, -0.1) is 0 Å². The molecule has 0 heterocycles. The van der Waals surface area contributed by atoms with Gasteiger partial charge in [0.05, 0.1) is 12.2 Å². The van der Waals surface area contributed by atoms with Gasteiger partial charge in [-0.25, -0.2) is 0 Å². The van der Waals surface area contributed by atoms with Gasteiger partial charge in [-0.3, -0.25) is 0 Å². The first kappa shape index (κ1) is 8.02. The third-order valence-electron chi connectivity index (χ3n) is 2.37. The van der Waals surface area contributed by atoms with Crippen LogP contribution in [0.3, 0.4) is 0 Å². The molecule has 0 aromatic rings. The molecule has 2 N–H and O–H groups in total. The van der Waals surface area contributed by atoms with Crippen molar-refractivity contribution >= 4 is 0 Å². The zero-order valence-electron chi connectivity index (χ0n) is 6.45. The molecule has 0 saturated heterocycles. The summed E-state index contributed by atoms with van der Waals surface area (Å²) < 4.78 is 0. The molecule has 1 aliphatic carbocycles. The summed E-state index contributed by atoms with van der Waals surface area (Å²) in [6, 6.07) is 0. The van der Waals surface area contributed by atoms with Crippen molar-refractivity contribution in [2.75, 3.05) is 0 Å². The van der Waals surface area contributed by atoms with Gasteiger partial charge in [0.15, 0.2) is 0 Å². The van der Waals surface area contributed by atoms with E-state index in [0.29, 0.717) is 5.92 Å². The van der Waals surface area contributed by atoms with Crippen LogP contribution in [0, 0.1) is 5.92 Å². The van der Waals surface area contributed by atoms with E-state index in [4.69, 9.17) is 5.11 Å². The Bertz CT molecular complexity index is 101. The summed E-state index contributed by atoms with van der Waals surface area (Å²) in [6.45, 7) is 2.11. The van der Waals surface area contributed by atoms with Crippen LogP contribution in [0.25, 0.3) is 0 Å². The molecular weight excluding hydrogens is 128 g/mol. The van der Waals surface area contributed by atoms with Crippen molar-refractivity contribution in [2.45, 2.75) is 44.8 Å². The first-order valence-corrected chi connectivity index (χ1v) is 4.11. The molecule has 1 rings (SSSR count). The van der Waals surface area contributed by atoms with E-state index in [-0.39, 0.29) is 0 Å². The molecule has 1 aliphatic rings. The predicted molar refractivity (Wildman–Crippen MR) is 39.6 cm³/mol. The fraction of sp³-hybridized carbons (Fsp3) is 1.00. The normalized spacial score (nSPS) is 40.5. The van der Waals surface area contributed by atoms with Gasteiger partial charge in [0.25, 0.3) is 0 Å². The molecule has 10 heavy (non-hydrogen) atoms. The molecule has 0 amide bonds. The summed E-state index contributed by atoms with van der Waals surface area (Å²) in [4.78, 5) is 0. The maximum absolute atomic E-state index is 9.34. The van der Waals surface area contributed by atoms with Crippen molar-refractivity contribution < 1.29 is 10.2 Å². The highest BCUT2D eigenvalue weighted by atomic mass is 16.3.